The van der Waals surface area contributed by atoms with Crippen LogP contribution in [0.1, 0.15) is 31.7 Å². The summed E-state index contributed by atoms with van der Waals surface area (Å²) in [6.07, 6.45) is 3.61. The molecule has 1 aliphatic carbocycles. The van der Waals surface area contributed by atoms with E-state index in [0.29, 0.717) is 17.0 Å². The second kappa shape index (κ2) is 7.06. The molecule has 0 atom stereocenters. The number of hydrogen-bond acceptors (Lipinski definition) is 4. The van der Waals surface area contributed by atoms with Crippen LogP contribution in [0.3, 0.4) is 0 Å². The minimum absolute atomic E-state index is 0.144. The second-order valence-corrected chi connectivity index (χ2v) is 7.81. The maximum absolute atomic E-state index is 12.3. The van der Waals surface area contributed by atoms with Gasteiger partial charge in [0.2, 0.25) is 0 Å². The summed E-state index contributed by atoms with van der Waals surface area (Å²) in [6.45, 7) is 4.69. The molecule has 1 aliphatic rings. The van der Waals surface area contributed by atoms with Gasteiger partial charge in [-0.15, -0.1) is 0 Å². The van der Waals surface area contributed by atoms with Gasteiger partial charge < -0.3 is 4.90 Å². The second-order valence-electron chi connectivity index (χ2n) is 5.70. The van der Waals surface area contributed by atoms with Crippen LogP contribution in [0.5, 0.6) is 0 Å². The number of benzene rings is 1. The summed E-state index contributed by atoms with van der Waals surface area (Å²) in [7, 11) is -3.27. The molecule has 0 aromatic heterocycles. The lowest BCUT2D eigenvalue weighted by Crippen LogP contribution is -2.32. The van der Waals surface area contributed by atoms with Gasteiger partial charge in [0, 0.05) is 13.1 Å². The van der Waals surface area contributed by atoms with Gasteiger partial charge in [-0.2, -0.15) is 5.26 Å². The molecule has 0 radical (unpaired) electrons. The van der Waals surface area contributed by atoms with Crippen LogP contribution in [0.2, 0.25) is 0 Å². The molecule has 1 aromatic rings. The van der Waals surface area contributed by atoms with E-state index in [1.165, 1.54) is 25.0 Å². The average Bonchev–Trinajstić information content (AvgIpc) is 3.29. The summed E-state index contributed by atoms with van der Waals surface area (Å²) in [5.41, 5.74) is 0.482. The Kier molecular flexibility index (Phi) is 5.38. The molecule has 5 heteroatoms. The van der Waals surface area contributed by atoms with Crippen molar-refractivity contribution in [3.8, 4) is 6.07 Å². The average molecular weight is 306 g/mol. The first-order chi connectivity index (χ1) is 10.0. The van der Waals surface area contributed by atoms with Crippen LogP contribution in [0.15, 0.2) is 29.2 Å². The summed E-state index contributed by atoms with van der Waals surface area (Å²) in [5, 5.41) is 8.75. The van der Waals surface area contributed by atoms with E-state index in [-0.39, 0.29) is 5.75 Å². The quantitative estimate of drug-likeness (QED) is 0.740. The van der Waals surface area contributed by atoms with Crippen LogP contribution in [0.4, 0.5) is 0 Å². The topological polar surface area (TPSA) is 61.2 Å². The number of nitrogens with zero attached hydrogens (tertiary/aromatic N) is 2. The molecule has 0 saturated heterocycles. The van der Waals surface area contributed by atoms with E-state index in [1.54, 1.807) is 12.1 Å². The fourth-order valence-corrected chi connectivity index (χ4v) is 3.67. The molecule has 0 N–H and O–H groups in total. The Bertz CT molecular complexity index is 598. The first kappa shape index (κ1) is 16.0. The molecule has 4 nitrogen and oxygen atoms in total. The van der Waals surface area contributed by atoms with E-state index in [0.717, 1.165) is 25.4 Å². The van der Waals surface area contributed by atoms with Crippen molar-refractivity contribution in [3.05, 3.63) is 29.8 Å². The normalized spacial score (nSPS) is 15.1. The molecule has 114 valence electrons. The maximum atomic E-state index is 12.3. The molecule has 1 fully saturated rings. The molecule has 21 heavy (non-hydrogen) atoms. The zero-order valence-electron chi connectivity index (χ0n) is 12.5. The predicted octanol–water partition coefficient (Wildman–Crippen LogP) is 2.45. The van der Waals surface area contributed by atoms with Gasteiger partial charge in [-0.25, -0.2) is 8.42 Å². The van der Waals surface area contributed by atoms with Crippen LogP contribution >= 0.6 is 0 Å². The highest BCUT2D eigenvalue weighted by atomic mass is 32.2. The first-order valence-electron chi connectivity index (χ1n) is 7.50. The molecule has 0 aliphatic heterocycles. The molecule has 0 heterocycles. The Balaban J connectivity index is 1.96. The fourth-order valence-electron chi connectivity index (χ4n) is 2.38. The minimum atomic E-state index is -3.27. The molecule has 0 unspecified atom stereocenters. The Morgan fingerprint density at radius 1 is 1.24 bits per heavy atom. The number of rotatable bonds is 8. The summed E-state index contributed by atoms with van der Waals surface area (Å²) in [5.74, 6) is 0.917. The molecule has 0 spiro atoms. The standard InChI is InChI=1S/C16H22N2O2S/c1-2-9-18(13-15-3-4-15)10-11-21(19,20)16-7-5-14(12-17)6-8-16/h5-8,15H,2-4,9-11,13H2,1H3. The minimum Gasteiger partial charge on any atom is -0.302 e. The number of nitriles is 1. The highest BCUT2D eigenvalue weighted by Gasteiger charge is 2.25. The number of sulfone groups is 1. The summed E-state index contributed by atoms with van der Waals surface area (Å²) < 4.78 is 24.7. The lowest BCUT2D eigenvalue weighted by Gasteiger charge is -2.21. The van der Waals surface area contributed by atoms with Crippen LogP contribution in [0, 0.1) is 17.2 Å². The Hall–Kier alpha value is -1.38. The number of hydrogen-bond donors (Lipinski definition) is 0. The van der Waals surface area contributed by atoms with E-state index in [4.69, 9.17) is 5.26 Å². The Labute approximate surface area is 127 Å². The third-order valence-corrected chi connectivity index (χ3v) is 5.48. The monoisotopic (exact) mass is 306 g/mol. The van der Waals surface area contributed by atoms with E-state index in [9.17, 15) is 8.42 Å². The Morgan fingerprint density at radius 2 is 1.90 bits per heavy atom. The van der Waals surface area contributed by atoms with Crippen molar-refractivity contribution in [3.63, 3.8) is 0 Å². The zero-order chi connectivity index (χ0) is 15.3. The molecule has 0 bridgehead atoms. The van der Waals surface area contributed by atoms with Crippen molar-refractivity contribution < 1.29 is 8.42 Å². The van der Waals surface area contributed by atoms with E-state index in [2.05, 4.69) is 11.8 Å². The largest absolute Gasteiger partial charge is 0.302 e. The van der Waals surface area contributed by atoms with Crippen molar-refractivity contribution in [2.45, 2.75) is 31.1 Å². The lowest BCUT2D eigenvalue weighted by molar-refractivity contribution is 0.278. The van der Waals surface area contributed by atoms with Crippen LogP contribution < -0.4 is 0 Å². The van der Waals surface area contributed by atoms with Gasteiger partial charge in [-0.05, 0) is 56.0 Å². The third-order valence-electron chi connectivity index (χ3n) is 3.77. The van der Waals surface area contributed by atoms with Crippen molar-refractivity contribution in [1.29, 1.82) is 5.26 Å². The summed E-state index contributed by atoms with van der Waals surface area (Å²) in [4.78, 5) is 2.57. The summed E-state index contributed by atoms with van der Waals surface area (Å²) >= 11 is 0. The van der Waals surface area contributed by atoms with Crippen molar-refractivity contribution >= 4 is 9.84 Å². The van der Waals surface area contributed by atoms with Crippen molar-refractivity contribution in [1.82, 2.24) is 4.90 Å². The molecule has 2 rings (SSSR count). The zero-order valence-corrected chi connectivity index (χ0v) is 13.3. The van der Waals surface area contributed by atoms with E-state index in [1.807, 2.05) is 6.07 Å². The predicted molar refractivity (Wildman–Crippen MR) is 82.7 cm³/mol. The molecule has 1 saturated carbocycles. The fraction of sp³-hybridized carbons (Fsp3) is 0.562. The lowest BCUT2D eigenvalue weighted by atomic mass is 10.2. The summed E-state index contributed by atoms with van der Waals surface area (Å²) in [6, 6.07) is 8.16. The molecular formula is C16H22N2O2S. The smallest absolute Gasteiger partial charge is 0.179 e. The van der Waals surface area contributed by atoms with Gasteiger partial charge in [-0.1, -0.05) is 6.92 Å². The van der Waals surface area contributed by atoms with Crippen LogP contribution in [-0.4, -0.2) is 38.7 Å². The maximum Gasteiger partial charge on any atom is 0.179 e. The van der Waals surface area contributed by atoms with Crippen LogP contribution in [-0.2, 0) is 9.84 Å². The van der Waals surface area contributed by atoms with Gasteiger partial charge in [0.05, 0.1) is 22.3 Å². The van der Waals surface area contributed by atoms with Crippen molar-refractivity contribution in [2.75, 3.05) is 25.4 Å². The van der Waals surface area contributed by atoms with Crippen LogP contribution in [0.25, 0.3) is 0 Å². The van der Waals surface area contributed by atoms with E-state index < -0.39 is 9.84 Å². The molecule has 1 aromatic carbocycles. The van der Waals surface area contributed by atoms with Crippen molar-refractivity contribution in [2.24, 2.45) is 5.92 Å². The first-order valence-corrected chi connectivity index (χ1v) is 9.15. The highest BCUT2D eigenvalue weighted by Crippen LogP contribution is 2.29. The van der Waals surface area contributed by atoms with E-state index >= 15 is 0 Å². The Morgan fingerprint density at radius 3 is 2.43 bits per heavy atom. The SMILES string of the molecule is CCCN(CCS(=O)(=O)c1ccc(C#N)cc1)CC1CC1. The van der Waals surface area contributed by atoms with Gasteiger partial charge in [0.25, 0.3) is 0 Å². The third kappa shape index (κ3) is 4.83. The van der Waals surface area contributed by atoms with Gasteiger partial charge in [-0.3, -0.25) is 0 Å². The van der Waals surface area contributed by atoms with Gasteiger partial charge in [0.1, 0.15) is 0 Å². The molecular weight excluding hydrogens is 284 g/mol. The molecule has 0 amide bonds. The highest BCUT2D eigenvalue weighted by molar-refractivity contribution is 7.91. The van der Waals surface area contributed by atoms with Gasteiger partial charge in [0.15, 0.2) is 9.84 Å². The van der Waals surface area contributed by atoms with Gasteiger partial charge >= 0.3 is 0 Å².